The molecule has 0 aliphatic rings. The predicted molar refractivity (Wildman–Crippen MR) is 53.4 cm³/mol. The molecule has 1 aromatic carbocycles. The standard InChI is InChI=1S/C12H10F/c1-2-3-4-5-7-11-8-6-9-12(13)10-11/h1-10H. The Balaban J connectivity index is 2.68. The Labute approximate surface area is 77.7 Å². The highest BCUT2D eigenvalue weighted by atomic mass is 19.1. The molecule has 0 saturated heterocycles. The van der Waals surface area contributed by atoms with Gasteiger partial charge in [-0.2, -0.15) is 0 Å². The summed E-state index contributed by atoms with van der Waals surface area (Å²) in [6, 6.07) is 6.39. The van der Waals surface area contributed by atoms with Crippen LogP contribution < -0.4 is 0 Å². The van der Waals surface area contributed by atoms with Gasteiger partial charge in [-0.25, -0.2) is 4.39 Å². The topological polar surface area (TPSA) is 0 Å². The van der Waals surface area contributed by atoms with Gasteiger partial charge in [-0.3, -0.25) is 0 Å². The van der Waals surface area contributed by atoms with Crippen molar-refractivity contribution in [3.63, 3.8) is 0 Å². The lowest BCUT2D eigenvalue weighted by atomic mass is 10.2. The predicted octanol–water partition coefficient (Wildman–Crippen LogP) is 3.38. The number of allylic oxidation sites excluding steroid dienone is 4. The van der Waals surface area contributed by atoms with Crippen LogP contribution in [0.1, 0.15) is 5.56 Å². The summed E-state index contributed by atoms with van der Waals surface area (Å²) in [5.74, 6) is -0.225. The second-order valence-corrected chi connectivity index (χ2v) is 2.49. The van der Waals surface area contributed by atoms with Crippen molar-refractivity contribution >= 4 is 6.08 Å². The minimum Gasteiger partial charge on any atom is -0.207 e. The van der Waals surface area contributed by atoms with Crippen molar-refractivity contribution in [1.29, 1.82) is 0 Å². The quantitative estimate of drug-likeness (QED) is 0.614. The monoisotopic (exact) mass is 173 g/mol. The van der Waals surface area contributed by atoms with Gasteiger partial charge >= 0.3 is 0 Å². The minimum atomic E-state index is -0.225. The highest BCUT2D eigenvalue weighted by Crippen LogP contribution is 2.05. The molecule has 13 heavy (non-hydrogen) atoms. The van der Waals surface area contributed by atoms with E-state index in [-0.39, 0.29) is 5.82 Å². The number of rotatable bonds is 3. The molecule has 0 aliphatic heterocycles. The van der Waals surface area contributed by atoms with E-state index in [1.807, 2.05) is 12.1 Å². The molecule has 0 saturated carbocycles. The SMILES string of the molecule is [CH]=CC=CC=Cc1cccc(F)c1. The van der Waals surface area contributed by atoms with Crippen molar-refractivity contribution in [2.75, 3.05) is 0 Å². The summed E-state index contributed by atoms with van der Waals surface area (Å²) in [6.45, 7) is 5.13. The van der Waals surface area contributed by atoms with E-state index in [0.717, 1.165) is 5.56 Å². The third-order valence-electron chi connectivity index (χ3n) is 1.47. The van der Waals surface area contributed by atoms with Gasteiger partial charge in [0.2, 0.25) is 0 Å². The lowest BCUT2D eigenvalue weighted by molar-refractivity contribution is 0.627. The summed E-state index contributed by atoms with van der Waals surface area (Å²) in [4.78, 5) is 0. The summed E-state index contributed by atoms with van der Waals surface area (Å²) in [6.07, 6.45) is 8.54. The van der Waals surface area contributed by atoms with E-state index in [4.69, 9.17) is 6.58 Å². The van der Waals surface area contributed by atoms with Crippen molar-refractivity contribution < 1.29 is 4.39 Å². The van der Waals surface area contributed by atoms with E-state index < -0.39 is 0 Å². The van der Waals surface area contributed by atoms with Crippen molar-refractivity contribution in [2.45, 2.75) is 0 Å². The Bertz CT molecular complexity index is 335. The zero-order chi connectivity index (χ0) is 9.52. The lowest BCUT2D eigenvalue weighted by Gasteiger charge is -1.90. The van der Waals surface area contributed by atoms with Crippen LogP contribution in [0.4, 0.5) is 4.39 Å². The first-order valence-electron chi connectivity index (χ1n) is 3.97. The van der Waals surface area contributed by atoms with E-state index in [1.165, 1.54) is 18.2 Å². The summed E-state index contributed by atoms with van der Waals surface area (Å²) in [5.41, 5.74) is 0.835. The third kappa shape index (κ3) is 3.52. The maximum atomic E-state index is 12.7. The lowest BCUT2D eigenvalue weighted by Crippen LogP contribution is -1.74. The van der Waals surface area contributed by atoms with Crippen LogP contribution in [0, 0.1) is 12.4 Å². The second kappa shape index (κ2) is 5.09. The van der Waals surface area contributed by atoms with Gasteiger partial charge in [0.25, 0.3) is 0 Å². The Hall–Kier alpha value is -1.63. The molecule has 0 bridgehead atoms. The van der Waals surface area contributed by atoms with Gasteiger partial charge in [-0.1, -0.05) is 49.1 Å². The minimum absolute atomic E-state index is 0.225. The van der Waals surface area contributed by atoms with Crippen LogP contribution >= 0.6 is 0 Å². The summed E-state index contributed by atoms with van der Waals surface area (Å²) < 4.78 is 12.7. The largest absolute Gasteiger partial charge is 0.207 e. The van der Waals surface area contributed by atoms with E-state index in [2.05, 4.69) is 0 Å². The highest BCUT2D eigenvalue weighted by Gasteiger charge is 1.88. The molecule has 0 heterocycles. The second-order valence-electron chi connectivity index (χ2n) is 2.49. The Kier molecular flexibility index (Phi) is 3.71. The average molecular weight is 173 g/mol. The highest BCUT2D eigenvalue weighted by molar-refractivity contribution is 5.50. The summed E-state index contributed by atoms with van der Waals surface area (Å²) in [5, 5.41) is 0. The first kappa shape index (κ1) is 9.46. The zero-order valence-electron chi connectivity index (χ0n) is 7.15. The van der Waals surface area contributed by atoms with E-state index >= 15 is 0 Å². The Morgan fingerprint density at radius 1 is 1.15 bits per heavy atom. The normalized spacial score (nSPS) is 11.2. The van der Waals surface area contributed by atoms with Crippen molar-refractivity contribution in [3.8, 4) is 0 Å². The molecule has 65 valence electrons. The van der Waals surface area contributed by atoms with Crippen LogP contribution in [0.5, 0.6) is 0 Å². The van der Waals surface area contributed by atoms with Crippen LogP contribution in [0.15, 0.2) is 48.6 Å². The van der Waals surface area contributed by atoms with E-state index in [1.54, 1.807) is 24.3 Å². The maximum Gasteiger partial charge on any atom is 0.123 e. The van der Waals surface area contributed by atoms with Crippen molar-refractivity contribution in [3.05, 3.63) is 66.5 Å². The van der Waals surface area contributed by atoms with Crippen molar-refractivity contribution in [1.82, 2.24) is 0 Å². The van der Waals surface area contributed by atoms with Crippen LogP contribution in [0.2, 0.25) is 0 Å². The third-order valence-corrected chi connectivity index (χ3v) is 1.47. The van der Waals surface area contributed by atoms with Gasteiger partial charge in [0, 0.05) is 0 Å². The fourth-order valence-corrected chi connectivity index (χ4v) is 0.905. The Morgan fingerprint density at radius 2 is 2.00 bits per heavy atom. The molecule has 1 aromatic rings. The van der Waals surface area contributed by atoms with Gasteiger partial charge in [0.15, 0.2) is 0 Å². The van der Waals surface area contributed by atoms with Gasteiger partial charge < -0.3 is 0 Å². The van der Waals surface area contributed by atoms with E-state index in [0.29, 0.717) is 0 Å². The van der Waals surface area contributed by atoms with Gasteiger partial charge in [-0.05, 0) is 17.7 Å². The number of hydrogen-bond donors (Lipinski definition) is 0. The number of benzene rings is 1. The molecule has 0 aliphatic carbocycles. The maximum absolute atomic E-state index is 12.7. The molecular formula is C12H10F. The van der Waals surface area contributed by atoms with Gasteiger partial charge in [0.1, 0.15) is 5.82 Å². The van der Waals surface area contributed by atoms with Crippen LogP contribution in [0.25, 0.3) is 6.08 Å². The zero-order valence-corrected chi connectivity index (χ0v) is 7.15. The average Bonchev–Trinajstić information content (AvgIpc) is 2.13. The molecule has 1 heteroatoms. The molecule has 0 spiro atoms. The summed E-state index contributed by atoms with van der Waals surface area (Å²) >= 11 is 0. The molecule has 0 aromatic heterocycles. The first-order chi connectivity index (χ1) is 6.33. The molecule has 0 amide bonds. The first-order valence-corrected chi connectivity index (χ1v) is 3.97. The Morgan fingerprint density at radius 3 is 2.69 bits per heavy atom. The van der Waals surface area contributed by atoms with E-state index in [9.17, 15) is 4.39 Å². The number of halogens is 1. The van der Waals surface area contributed by atoms with Gasteiger partial charge in [0.05, 0.1) is 0 Å². The molecule has 0 nitrogen and oxygen atoms in total. The fourth-order valence-electron chi connectivity index (χ4n) is 0.905. The van der Waals surface area contributed by atoms with Gasteiger partial charge in [-0.15, -0.1) is 0 Å². The molecular weight excluding hydrogens is 163 g/mol. The molecule has 1 radical (unpaired) electrons. The van der Waals surface area contributed by atoms with Crippen molar-refractivity contribution in [2.24, 2.45) is 0 Å². The molecule has 0 unspecified atom stereocenters. The summed E-state index contributed by atoms with van der Waals surface area (Å²) in [7, 11) is 0. The van der Waals surface area contributed by atoms with Crippen LogP contribution in [-0.4, -0.2) is 0 Å². The smallest absolute Gasteiger partial charge is 0.123 e. The molecule has 0 atom stereocenters. The van der Waals surface area contributed by atoms with Crippen LogP contribution in [-0.2, 0) is 0 Å². The fraction of sp³-hybridized carbons (Fsp3) is 0. The number of hydrogen-bond acceptors (Lipinski definition) is 0. The van der Waals surface area contributed by atoms with Crippen LogP contribution in [0.3, 0.4) is 0 Å². The molecule has 0 N–H and O–H groups in total. The molecule has 0 fully saturated rings. The molecule has 1 rings (SSSR count).